The van der Waals surface area contributed by atoms with Crippen molar-refractivity contribution in [2.24, 2.45) is 5.92 Å². The fourth-order valence-corrected chi connectivity index (χ4v) is 2.71. The Hall–Kier alpha value is -2.37. The highest BCUT2D eigenvalue weighted by atomic mass is 19.1. The van der Waals surface area contributed by atoms with Gasteiger partial charge in [0.1, 0.15) is 5.82 Å². The van der Waals surface area contributed by atoms with Gasteiger partial charge in [-0.15, -0.1) is 0 Å². The maximum atomic E-state index is 13.4. The van der Waals surface area contributed by atoms with Crippen molar-refractivity contribution in [2.75, 3.05) is 5.73 Å². The lowest BCUT2D eigenvalue weighted by molar-refractivity contribution is 0.479. The van der Waals surface area contributed by atoms with Crippen molar-refractivity contribution in [3.8, 4) is 0 Å². The van der Waals surface area contributed by atoms with Crippen LogP contribution in [0.1, 0.15) is 37.3 Å². The van der Waals surface area contributed by atoms with Crippen molar-refractivity contribution in [3.63, 3.8) is 0 Å². The molecule has 0 aliphatic heterocycles. The number of halogens is 1. The number of aromatic nitrogens is 2. The summed E-state index contributed by atoms with van der Waals surface area (Å²) in [4.78, 5) is 25.6. The molecule has 1 aromatic carbocycles. The van der Waals surface area contributed by atoms with E-state index in [2.05, 4.69) is 4.98 Å². The number of anilines is 1. The van der Waals surface area contributed by atoms with Gasteiger partial charge in [-0.2, -0.15) is 0 Å². The molecule has 6 heteroatoms. The average molecular weight is 303 g/mol. The predicted octanol–water partition coefficient (Wildman–Crippen LogP) is 2.04. The third-order valence-electron chi connectivity index (χ3n) is 4.14. The van der Waals surface area contributed by atoms with Gasteiger partial charge in [-0.1, -0.05) is 18.9 Å². The molecule has 0 bridgehead atoms. The number of hydrogen-bond donors (Lipinski definition) is 2. The highest BCUT2D eigenvalue weighted by molar-refractivity contribution is 5.43. The number of hydrogen-bond acceptors (Lipinski definition) is 3. The summed E-state index contributed by atoms with van der Waals surface area (Å²) in [5.41, 5.74) is 5.59. The highest BCUT2D eigenvalue weighted by Crippen LogP contribution is 2.36. The van der Waals surface area contributed by atoms with Crippen LogP contribution in [0.3, 0.4) is 0 Å². The van der Waals surface area contributed by atoms with Crippen LogP contribution < -0.4 is 17.0 Å². The first-order chi connectivity index (χ1) is 10.5. The molecule has 22 heavy (non-hydrogen) atoms. The molecule has 1 saturated carbocycles. The molecule has 116 valence electrons. The van der Waals surface area contributed by atoms with Gasteiger partial charge in [0, 0.05) is 12.3 Å². The van der Waals surface area contributed by atoms with E-state index in [1.165, 1.54) is 35.7 Å². The van der Waals surface area contributed by atoms with Gasteiger partial charge in [-0.05, 0) is 36.5 Å². The van der Waals surface area contributed by atoms with Crippen molar-refractivity contribution in [2.45, 2.75) is 31.7 Å². The maximum absolute atomic E-state index is 13.4. The molecular formula is C16H18FN3O2. The highest BCUT2D eigenvalue weighted by Gasteiger charge is 2.24. The number of nitrogens with two attached hydrogens (primary N) is 1. The van der Waals surface area contributed by atoms with E-state index in [9.17, 15) is 14.0 Å². The molecule has 0 saturated heterocycles. The number of nitrogens with one attached hydrogen (secondary N) is 1. The number of benzene rings is 1. The second-order valence-electron chi connectivity index (χ2n) is 5.83. The van der Waals surface area contributed by atoms with Crippen LogP contribution in [0.2, 0.25) is 0 Å². The van der Waals surface area contributed by atoms with Gasteiger partial charge in [0.2, 0.25) is 0 Å². The second kappa shape index (κ2) is 5.79. The Balaban J connectivity index is 1.99. The van der Waals surface area contributed by atoms with Crippen LogP contribution in [0.25, 0.3) is 0 Å². The molecule has 0 amide bonds. The second-order valence-corrected chi connectivity index (χ2v) is 5.83. The molecule has 5 nitrogen and oxygen atoms in total. The smallest absolute Gasteiger partial charge is 0.328 e. The maximum Gasteiger partial charge on any atom is 0.328 e. The van der Waals surface area contributed by atoms with Crippen LogP contribution in [0.5, 0.6) is 0 Å². The summed E-state index contributed by atoms with van der Waals surface area (Å²) in [5, 5.41) is 0. The van der Waals surface area contributed by atoms with E-state index in [1.54, 1.807) is 12.1 Å². The molecule has 0 radical (unpaired) electrons. The minimum atomic E-state index is -0.474. The van der Waals surface area contributed by atoms with Gasteiger partial charge in [0.15, 0.2) is 0 Å². The summed E-state index contributed by atoms with van der Waals surface area (Å²) in [7, 11) is 0. The largest absolute Gasteiger partial charge is 0.396 e. The van der Waals surface area contributed by atoms with Gasteiger partial charge in [-0.25, -0.2) is 9.18 Å². The minimum absolute atomic E-state index is 0.0615. The van der Waals surface area contributed by atoms with Gasteiger partial charge >= 0.3 is 5.69 Å². The number of nitrogens with zero attached hydrogens (tertiary/aromatic N) is 1. The third kappa shape index (κ3) is 3.10. The Kier molecular flexibility index (Phi) is 3.83. The van der Waals surface area contributed by atoms with Crippen molar-refractivity contribution < 1.29 is 4.39 Å². The van der Waals surface area contributed by atoms with Crippen LogP contribution in [0, 0.1) is 11.7 Å². The van der Waals surface area contributed by atoms with Crippen LogP contribution >= 0.6 is 0 Å². The zero-order chi connectivity index (χ0) is 15.7. The molecule has 3 rings (SSSR count). The zero-order valence-electron chi connectivity index (χ0n) is 12.1. The summed E-state index contributed by atoms with van der Waals surface area (Å²) in [6.07, 6.45) is 5.67. The van der Waals surface area contributed by atoms with Crippen LogP contribution in [-0.2, 0) is 0 Å². The van der Waals surface area contributed by atoms with Crippen LogP contribution in [-0.4, -0.2) is 9.55 Å². The lowest BCUT2D eigenvalue weighted by Crippen LogP contribution is -2.32. The number of rotatable bonds is 5. The first-order valence-corrected chi connectivity index (χ1v) is 7.41. The van der Waals surface area contributed by atoms with Gasteiger partial charge < -0.3 is 5.73 Å². The molecule has 1 aliphatic carbocycles. The van der Waals surface area contributed by atoms with Crippen molar-refractivity contribution >= 4 is 5.69 Å². The van der Waals surface area contributed by atoms with E-state index in [0.717, 1.165) is 18.4 Å². The molecule has 1 aliphatic rings. The fourth-order valence-electron chi connectivity index (χ4n) is 2.71. The zero-order valence-corrected chi connectivity index (χ0v) is 12.1. The summed E-state index contributed by atoms with van der Waals surface area (Å²) < 4.78 is 14.9. The molecule has 1 atom stereocenters. The van der Waals surface area contributed by atoms with Crippen LogP contribution in [0.15, 0.2) is 40.1 Å². The molecular weight excluding hydrogens is 285 g/mol. The molecule has 2 aromatic rings. The number of aromatic amines is 1. The third-order valence-corrected chi connectivity index (χ3v) is 4.14. The fraction of sp³-hybridized carbons (Fsp3) is 0.375. The van der Waals surface area contributed by atoms with E-state index in [4.69, 9.17) is 5.73 Å². The average Bonchev–Trinajstić information content (AvgIpc) is 3.29. The molecule has 3 N–H and O–H groups in total. The molecule has 1 heterocycles. The van der Waals surface area contributed by atoms with Gasteiger partial charge in [0.05, 0.1) is 11.7 Å². The molecule has 1 unspecified atom stereocenters. The number of H-pyrrole nitrogens is 1. The quantitative estimate of drug-likeness (QED) is 0.829. The van der Waals surface area contributed by atoms with Crippen LogP contribution in [0.4, 0.5) is 10.1 Å². The lowest BCUT2D eigenvalue weighted by atomic mass is 9.99. The SMILES string of the molecule is Nc1cc(C(CCC2CC2)n2ccc(=O)[nH]c2=O)ccc1F. The summed E-state index contributed by atoms with van der Waals surface area (Å²) in [5.74, 6) is 0.234. The lowest BCUT2D eigenvalue weighted by Gasteiger charge is -2.20. The molecule has 0 spiro atoms. The van der Waals surface area contributed by atoms with E-state index in [-0.39, 0.29) is 11.7 Å². The first kappa shape index (κ1) is 14.6. The van der Waals surface area contributed by atoms with Gasteiger partial charge in [-0.3, -0.25) is 14.3 Å². The van der Waals surface area contributed by atoms with Gasteiger partial charge in [0.25, 0.3) is 5.56 Å². The van der Waals surface area contributed by atoms with E-state index >= 15 is 0 Å². The summed E-state index contributed by atoms with van der Waals surface area (Å²) >= 11 is 0. The molecule has 1 fully saturated rings. The van der Waals surface area contributed by atoms with Crippen molar-refractivity contribution in [1.82, 2.24) is 9.55 Å². The number of nitrogen functional groups attached to an aromatic ring is 1. The molecule has 1 aromatic heterocycles. The Morgan fingerprint density at radius 1 is 1.32 bits per heavy atom. The Labute approximate surface area is 126 Å². The minimum Gasteiger partial charge on any atom is -0.396 e. The summed E-state index contributed by atoms with van der Waals surface area (Å²) in [6, 6.07) is 5.57. The van der Waals surface area contributed by atoms with E-state index in [1.807, 2.05) is 0 Å². The Morgan fingerprint density at radius 3 is 2.73 bits per heavy atom. The topological polar surface area (TPSA) is 80.9 Å². The normalized spacial score (nSPS) is 15.7. The monoisotopic (exact) mass is 303 g/mol. The Bertz CT molecular complexity index is 792. The van der Waals surface area contributed by atoms with Crippen molar-refractivity contribution in [1.29, 1.82) is 0 Å². The summed E-state index contributed by atoms with van der Waals surface area (Å²) in [6.45, 7) is 0. The first-order valence-electron chi connectivity index (χ1n) is 7.41. The Morgan fingerprint density at radius 2 is 2.09 bits per heavy atom. The standard InChI is InChI=1S/C16H18FN3O2/c17-12-5-4-11(9-13(12)18)14(6-3-10-1-2-10)20-8-7-15(21)19-16(20)22/h4-5,7-10,14H,1-3,6,18H2,(H,19,21,22). The van der Waals surface area contributed by atoms with E-state index < -0.39 is 17.1 Å². The predicted molar refractivity (Wildman–Crippen MR) is 82.2 cm³/mol. The van der Waals surface area contributed by atoms with E-state index in [0.29, 0.717) is 5.92 Å². The van der Waals surface area contributed by atoms with Crippen molar-refractivity contribution in [3.05, 3.63) is 62.7 Å².